The number of benzene rings is 2. The van der Waals surface area contributed by atoms with Gasteiger partial charge >= 0.3 is 5.97 Å². The third kappa shape index (κ3) is 4.44. The molecule has 1 atom stereocenters. The number of cyclic esters (lactones) is 1. The van der Waals surface area contributed by atoms with Gasteiger partial charge in [-0.05, 0) is 11.1 Å². The molecule has 0 saturated heterocycles. The number of hydrogen-bond acceptors (Lipinski definition) is 4. The van der Waals surface area contributed by atoms with Crippen molar-refractivity contribution < 1.29 is 19.0 Å². The SMILES string of the molecule is O=C1O[C@H](COCc2ccccc2)C=C1OCc1ccccc1. The highest BCUT2D eigenvalue weighted by Gasteiger charge is 2.27. The Morgan fingerprint density at radius 2 is 1.48 bits per heavy atom. The Balaban J connectivity index is 1.46. The Morgan fingerprint density at radius 3 is 2.13 bits per heavy atom. The smallest absolute Gasteiger partial charge is 0.374 e. The molecule has 0 bridgehead atoms. The first-order chi connectivity index (χ1) is 11.3. The molecule has 0 spiro atoms. The van der Waals surface area contributed by atoms with Gasteiger partial charge < -0.3 is 14.2 Å². The van der Waals surface area contributed by atoms with E-state index in [2.05, 4.69) is 0 Å². The van der Waals surface area contributed by atoms with Gasteiger partial charge in [0.1, 0.15) is 12.7 Å². The van der Waals surface area contributed by atoms with Crippen LogP contribution in [-0.2, 0) is 32.2 Å². The van der Waals surface area contributed by atoms with Crippen LogP contribution in [0.4, 0.5) is 0 Å². The largest absolute Gasteiger partial charge is 0.482 e. The summed E-state index contributed by atoms with van der Waals surface area (Å²) in [6.07, 6.45) is 1.29. The number of carbonyl (C=O) groups excluding carboxylic acids is 1. The van der Waals surface area contributed by atoms with E-state index in [1.54, 1.807) is 6.08 Å². The zero-order valence-corrected chi connectivity index (χ0v) is 12.7. The summed E-state index contributed by atoms with van der Waals surface area (Å²) in [4.78, 5) is 11.8. The number of ether oxygens (including phenoxy) is 3. The van der Waals surface area contributed by atoms with E-state index in [1.807, 2.05) is 60.7 Å². The molecule has 0 radical (unpaired) electrons. The molecule has 23 heavy (non-hydrogen) atoms. The Labute approximate surface area is 135 Å². The summed E-state index contributed by atoms with van der Waals surface area (Å²) < 4.78 is 16.3. The molecular formula is C19H18O4. The van der Waals surface area contributed by atoms with Crippen molar-refractivity contribution in [3.63, 3.8) is 0 Å². The van der Waals surface area contributed by atoms with Crippen LogP contribution in [-0.4, -0.2) is 18.7 Å². The van der Waals surface area contributed by atoms with Crippen molar-refractivity contribution in [2.24, 2.45) is 0 Å². The monoisotopic (exact) mass is 310 g/mol. The lowest BCUT2D eigenvalue weighted by atomic mass is 10.2. The molecule has 2 aromatic rings. The summed E-state index contributed by atoms with van der Waals surface area (Å²) in [5.41, 5.74) is 2.09. The standard InChI is InChI=1S/C19H18O4/c20-19-18(22-13-16-9-5-2-6-10-16)11-17(23-19)14-21-12-15-7-3-1-4-8-15/h1-11,17H,12-14H2/t17-/m0/s1. The van der Waals surface area contributed by atoms with Crippen LogP contribution in [0.5, 0.6) is 0 Å². The zero-order chi connectivity index (χ0) is 15.9. The second kappa shape index (κ2) is 7.61. The lowest BCUT2D eigenvalue weighted by Gasteiger charge is -2.08. The predicted molar refractivity (Wildman–Crippen MR) is 85.3 cm³/mol. The second-order valence-electron chi connectivity index (χ2n) is 5.25. The second-order valence-corrected chi connectivity index (χ2v) is 5.25. The molecule has 0 fully saturated rings. The number of carbonyl (C=O) groups is 1. The van der Waals surface area contributed by atoms with Crippen LogP contribution in [0.25, 0.3) is 0 Å². The van der Waals surface area contributed by atoms with Crippen molar-refractivity contribution in [3.05, 3.63) is 83.6 Å². The predicted octanol–water partition coefficient (Wildman–Crippen LogP) is 3.23. The summed E-state index contributed by atoms with van der Waals surface area (Å²) >= 11 is 0. The van der Waals surface area contributed by atoms with E-state index < -0.39 is 12.1 Å². The fourth-order valence-electron chi connectivity index (χ4n) is 2.26. The van der Waals surface area contributed by atoms with Crippen LogP contribution < -0.4 is 0 Å². The number of hydrogen-bond donors (Lipinski definition) is 0. The molecule has 1 aliphatic heterocycles. The van der Waals surface area contributed by atoms with E-state index in [-0.39, 0.29) is 5.76 Å². The van der Waals surface area contributed by atoms with E-state index in [0.717, 1.165) is 11.1 Å². The molecule has 4 nitrogen and oxygen atoms in total. The first-order valence-corrected chi connectivity index (χ1v) is 7.52. The van der Waals surface area contributed by atoms with E-state index in [1.165, 1.54) is 0 Å². The normalized spacial score (nSPS) is 16.8. The summed E-state index contributed by atoms with van der Waals surface area (Å²) in [6.45, 7) is 1.15. The van der Waals surface area contributed by atoms with Gasteiger partial charge in [0.15, 0.2) is 0 Å². The van der Waals surface area contributed by atoms with Gasteiger partial charge in [-0.15, -0.1) is 0 Å². The van der Waals surface area contributed by atoms with Crippen LogP contribution in [0.15, 0.2) is 72.5 Å². The maximum absolute atomic E-state index is 11.8. The molecule has 1 aliphatic rings. The zero-order valence-electron chi connectivity index (χ0n) is 12.7. The fourth-order valence-corrected chi connectivity index (χ4v) is 2.26. The van der Waals surface area contributed by atoms with Gasteiger partial charge in [-0.2, -0.15) is 0 Å². The average molecular weight is 310 g/mol. The molecule has 0 unspecified atom stereocenters. The first kappa shape index (κ1) is 15.3. The average Bonchev–Trinajstić information content (AvgIpc) is 2.95. The van der Waals surface area contributed by atoms with Crippen molar-refractivity contribution in [1.29, 1.82) is 0 Å². The van der Waals surface area contributed by atoms with Gasteiger partial charge in [0.05, 0.1) is 13.2 Å². The van der Waals surface area contributed by atoms with Crippen LogP contribution in [0.3, 0.4) is 0 Å². The third-order valence-corrected chi connectivity index (χ3v) is 3.43. The van der Waals surface area contributed by atoms with Crippen molar-refractivity contribution in [2.75, 3.05) is 6.61 Å². The molecule has 0 aliphatic carbocycles. The van der Waals surface area contributed by atoms with E-state index in [0.29, 0.717) is 19.8 Å². The van der Waals surface area contributed by atoms with Gasteiger partial charge in [-0.1, -0.05) is 60.7 Å². The third-order valence-electron chi connectivity index (χ3n) is 3.43. The van der Waals surface area contributed by atoms with E-state index >= 15 is 0 Å². The summed E-state index contributed by atoms with van der Waals surface area (Å²) in [5.74, 6) is -0.184. The minimum atomic E-state index is -0.436. The highest BCUT2D eigenvalue weighted by molar-refractivity contribution is 5.88. The van der Waals surface area contributed by atoms with Gasteiger partial charge in [0.25, 0.3) is 0 Å². The molecule has 1 heterocycles. The first-order valence-electron chi connectivity index (χ1n) is 7.52. The molecule has 0 N–H and O–H groups in total. The molecule has 118 valence electrons. The highest BCUT2D eigenvalue weighted by atomic mass is 16.6. The Hall–Kier alpha value is -2.59. The topological polar surface area (TPSA) is 44.8 Å². The quantitative estimate of drug-likeness (QED) is 0.737. The maximum Gasteiger partial charge on any atom is 0.374 e. The minimum absolute atomic E-state index is 0.252. The Morgan fingerprint density at radius 1 is 0.870 bits per heavy atom. The van der Waals surface area contributed by atoms with Gasteiger partial charge in [0.2, 0.25) is 5.76 Å². The van der Waals surface area contributed by atoms with Crippen LogP contribution in [0.2, 0.25) is 0 Å². The maximum atomic E-state index is 11.8. The van der Waals surface area contributed by atoms with Crippen molar-refractivity contribution >= 4 is 5.97 Å². The lowest BCUT2D eigenvalue weighted by molar-refractivity contribution is -0.145. The fraction of sp³-hybridized carbons (Fsp3) is 0.211. The number of esters is 1. The molecular weight excluding hydrogens is 292 g/mol. The van der Waals surface area contributed by atoms with Crippen LogP contribution in [0, 0.1) is 0 Å². The van der Waals surface area contributed by atoms with Crippen LogP contribution >= 0.6 is 0 Å². The van der Waals surface area contributed by atoms with Gasteiger partial charge in [0, 0.05) is 6.08 Å². The Bertz CT molecular complexity index is 664. The van der Waals surface area contributed by atoms with Crippen molar-refractivity contribution in [3.8, 4) is 0 Å². The molecule has 4 heteroatoms. The molecule has 3 rings (SSSR count). The summed E-state index contributed by atoms with van der Waals surface area (Å²) in [7, 11) is 0. The molecule has 0 amide bonds. The van der Waals surface area contributed by atoms with E-state index in [9.17, 15) is 4.79 Å². The minimum Gasteiger partial charge on any atom is -0.482 e. The summed E-state index contributed by atoms with van der Waals surface area (Å²) in [6, 6.07) is 19.6. The van der Waals surface area contributed by atoms with Gasteiger partial charge in [-0.3, -0.25) is 0 Å². The van der Waals surface area contributed by atoms with Crippen LogP contribution in [0.1, 0.15) is 11.1 Å². The molecule has 0 aromatic heterocycles. The lowest BCUT2D eigenvalue weighted by Crippen LogP contribution is -2.15. The van der Waals surface area contributed by atoms with E-state index in [4.69, 9.17) is 14.2 Å². The van der Waals surface area contributed by atoms with Gasteiger partial charge in [-0.25, -0.2) is 4.79 Å². The highest BCUT2D eigenvalue weighted by Crippen LogP contribution is 2.17. The summed E-state index contributed by atoms with van der Waals surface area (Å²) in [5, 5.41) is 0. The molecule has 0 saturated carbocycles. The van der Waals surface area contributed by atoms with Crippen molar-refractivity contribution in [2.45, 2.75) is 19.3 Å². The van der Waals surface area contributed by atoms with Crippen molar-refractivity contribution in [1.82, 2.24) is 0 Å². The Kier molecular flexibility index (Phi) is 5.06. The number of rotatable bonds is 7. The molecule has 2 aromatic carbocycles.